The van der Waals surface area contributed by atoms with E-state index in [1.165, 1.54) is 0 Å². The Morgan fingerprint density at radius 3 is 2.47 bits per heavy atom. The van der Waals surface area contributed by atoms with E-state index >= 15 is 0 Å². The van der Waals surface area contributed by atoms with Crippen molar-refractivity contribution >= 4 is 17.7 Å². The van der Waals surface area contributed by atoms with Crippen molar-refractivity contribution in [3.63, 3.8) is 0 Å². The normalized spacial score (nSPS) is 18.4. The average Bonchev–Trinajstić information content (AvgIpc) is 3.31. The van der Waals surface area contributed by atoms with Gasteiger partial charge in [-0.15, -0.1) is 0 Å². The van der Waals surface area contributed by atoms with Gasteiger partial charge in [0.15, 0.2) is 0 Å². The van der Waals surface area contributed by atoms with Gasteiger partial charge in [0.25, 0.3) is 5.91 Å². The number of nitrogens with one attached hydrogen (secondary N) is 1. The van der Waals surface area contributed by atoms with E-state index in [4.69, 9.17) is 4.74 Å². The van der Waals surface area contributed by atoms with Crippen molar-refractivity contribution in [3.05, 3.63) is 101 Å². The Bertz CT molecular complexity index is 1290. The van der Waals surface area contributed by atoms with Crippen LogP contribution in [0.2, 0.25) is 0 Å². The summed E-state index contributed by atoms with van der Waals surface area (Å²) in [4.78, 5) is 47.8. The second-order valence-electron chi connectivity index (χ2n) is 9.94. The largest absolute Gasteiger partial charge is 0.353 e. The minimum atomic E-state index is -0.944. The Balaban J connectivity index is 1.33. The Morgan fingerprint density at radius 1 is 1.00 bits per heavy atom. The van der Waals surface area contributed by atoms with Gasteiger partial charge in [0.2, 0.25) is 11.8 Å². The summed E-state index contributed by atoms with van der Waals surface area (Å²) in [5.41, 5.74) is 2.37. The molecule has 1 aromatic heterocycles. The lowest BCUT2D eigenvalue weighted by Crippen LogP contribution is -2.59. The molecule has 0 aliphatic carbocycles. The van der Waals surface area contributed by atoms with Gasteiger partial charge in [-0.05, 0) is 36.2 Å². The van der Waals surface area contributed by atoms with Crippen molar-refractivity contribution in [1.29, 1.82) is 0 Å². The third-order valence-corrected chi connectivity index (χ3v) is 7.33. The highest BCUT2D eigenvalue weighted by atomic mass is 16.5. The molecule has 1 spiro atoms. The fourth-order valence-corrected chi connectivity index (χ4v) is 5.28. The van der Waals surface area contributed by atoms with Gasteiger partial charge < -0.3 is 15.0 Å². The molecule has 0 bridgehead atoms. The molecule has 0 saturated carbocycles. The van der Waals surface area contributed by atoms with Gasteiger partial charge in [0, 0.05) is 50.4 Å². The maximum atomic E-state index is 13.9. The molecule has 2 aromatic carbocycles. The smallest absolute Gasteiger partial charge is 0.256 e. The Labute approximate surface area is 222 Å². The Kier molecular flexibility index (Phi) is 7.51. The van der Waals surface area contributed by atoms with Crippen LogP contribution in [0.25, 0.3) is 0 Å². The highest BCUT2D eigenvalue weighted by Gasteiger charge is 2.54. The van der Waals surface area contributed by atoms with E-state index in [1.807, 2.05) is 72.5 Å². The van der Waals surface area contributed by atoms with Crippen LogP contribution in [0.5, 0.6) is 0 Å². The zero-order valence-electron chi connectivity index (χ0n) is 21.5. The monoisotopic (exact) mass is 512 g/mol. The first kappa shape index (κ1) is 25.6. The summed E-state index contributed by atoms with van der Waals surface area (Å²) in [6.45, 7) is 3.25. The number of carbonyl (C=O) groups excluding carboxylic acids is 3. The van der Waals surface area contributed by atoms with E-state index < -0.39 is 11.8 Å². The van der Waals surface area contributed by atoms with Crippen LogP contribution < -0.4 is 5.32 Å². The first-order chi connectivity index (χ1) is 18.4. The second-order valence-corrected chi connectivity index (χ2v) is 9.94. The van der Waals surface area contributed by atoms with Crippen LogP contribution in [0.1, 0.15) is 39.9 Å². The van der Waals surface area contributed by atoms with Gasteiger partial charge in [0.05, 0.1) is 13.0 Å². The van der Waals surface area contributed by atoms with E-state index in [9.17, 15) is 14.4 Å². The number of aryl methyl sites for hydroxylation is 1. The molecule has 1 N–H and O–H groups in total. The number of likely N-dealkylation sites (tertiary alicyclic amines) is 1. The molecule has 2 aliphatic rings. The molecule has 196 valence electrons. The van der Waals surface area contributed by atoms with E-state index in [-0.39, 0.29) is 24.3 Å². The molecule has 3 aromatic rings. The minimum absolute atomic E-state index is 0.0476. The van der Waals surface area contributed by atoms with E-state index in [2.05, 4.69) is 10.3 Å². The maximum Gasteiger partial charge on any atom is 0.256 e. The van der Waals surface area contributed by atoms with Crippen molar-refractivity contribution in [3.8, 4) is 0 Å². The number of aromatic nitrogens is 1. The molecule has 3 heterocycles. The van der Waals surface area contributed by atoms with Crippen molar-refractivity contribution < 1.29 is 19.1 Å². The van der Waals surface area contributed by atoms with Crippen molar-refractivity contribution in [2.75, 3.05) is 19.7 Å². The van der Waals surface area contributed by atoms with E-state index in [1.54, 1.807) is 23.4 Å². The molecule has 38 heavy (non-hydrogen) atoms. The molecule has 0 unspecified atom stereocenters. The first-order valence-electron chi connectivity index (χ1n) is 13.0. The number of ether oxygens (including phenoxy) is 1. The number of carbonyl (C=O) groups is 3. The summed E-state index contributed by atoms with van der Waals surface area (Å²) in [5.74, 6) is -0.461. The lowest BCUT2D eigenvalue weighted by atomic mass is 9.96. The molecular weight excluding hydrogens is 480 g/mol. The molecule has 2 saturated heterocycles. The minimum Gasteiger partial charge on any atom is -0.353 e. The Hall–Kier alpha value is -4.04. The summed E-state index contributed by atoms with van der Waals surface area (Å²) in [6, 6.07) is 20.0. The van der Waals surface area contributed by atoms with Crippen molar-refractivity contribution in [2.24, 2.45) is 0 Å². The molecule has 8 heteroatoms. The van der Waals surface area contributed by atoms with Gasteiger partial charge in [-0.25, -0.2) is 0 Å². The standard InChI is InChI=1S/C30H32N4O4/c1-22-7-5-11-25(17-22)29(37)34-26(28(36)32-20-24-10-6-14-31-19-24)21-38-30(34)12-15-33(16-13-30)27(35)18-23-8-3-2-4-9-23/h2-11,14,17,19,26H,12-13,15-16,18,20-21H2,1H3,(H,32,36)/t26-/m0/s1. The highest BCUT2D eigenvalue weighted by Crippen LogP contribution is 2.38. The number of hydrogen-bond donors (Lipinski definition) is 1. The van der Waals surface area contributed by atoms with Crippen LogP contribution >= 0.6 is 0 Å². The zero-order valence-corrected chi connectivity index (χ0v) is 21.5. The number of piperidine rings is 1. The fourth-order valence-electron chi connectivity index (χ4n) is 5.28. The lowest BCUT2D eigenvalue weighted by Gasteiger charge is -2.44. The third-order valence-electron chi connectivity index (χ3n) is 7.33. The van der Waals surface area contributed by atoms with E-state index in [0.29, 0.717) is 44.5 Å². The van der Waals surface area contributed by atoms with Gasteiger partial charge in [0.1, 0.15) is 11.8 Å². The summed E-state index contributed by atoms with van der Waals surface area (Å²) in [7, 11) is 0. The average molecular weight is 513 g/mol. The number of amides is 3. The predicted octanol–water partition coefficient (Wildman–Crippen LogP) is 3.11. The van der Waals surface area contributed by atoms with Crippen molar-refractivity contribution in [1.82, 2.24) is 20.1 Å². The van der Waals surface area contributed by atoms with Crippen LogP contribution in [0, 0.1) is 6.92 Å². The molecular formula is C30H32N4O4. The van der Waals surface area contributed by atoms with Crippen LogP contribution in [-0.2, 0) is 27.3 Å². The summed E-state index contributed by atoms with van der Waals surface area (Å²) >= 11 is 0. The summed E-state index contributed by atoms with van der Waals surface area (Å²) in [5, 5.41) is 2.95. The van der Waals surface area contributed by atoms with Gasteiger partial charge in [-0.2, -0.15) is 0 Å². The van der Waals surface area contributed by atoms with Gasteiger partial charge in [-0.1, -0.05) is 54.1 Å². The van der Waals surface area contributed by atoms with Crippen molar-refractivity contribution in [2.45, 2.75) is 44.5 Å². The van der Waals surface area contributed by atoms with Crippen LogP contribution in [0.3, 0.4) is 0 Å². The molecule has 5 rings (SSSR count). The molecule has 1 atom stereocenters. The molecule has 3 amide bonds. The highest BCUT2D eigenvalue weighted by molar-refractivity contribution is 5.98. The molecule has 0 radical (unpaired) electrons. The maximum absolute atomic E-state index is 13.9. The van der Waals surface area contributed by atoms with E-state index in [0.717, 1.165) is 16.7 Å². The number of nitrogens with zero attached hydrogens (tertiary/aromatic N) is 3. The topological polar surface area (TPSA) is 91.8 Å². The number of rotatable bonds is 6. The summed E-state index contributed by atoms with van der Waals surface area (Å²) in [6.07, 6.45) is 4.60. The van der Waals surface area contributed by atoms with Gasteiger partial charge >= 0.3 is 0 Å². The number of pyridine rings is 1. The predicted molar refractivity (Wildman–Crippen MR) is 142 cm³/mol. The first-order valence-corrected chi connectivity index (χ1v) is 13.0. The number of hydrogen-bond acceptors (Lipinski definition) is 5. The van der Waals surface area contributed by atoms with Crippen LogP contribution in [-0.4, -0.2) is 64.0 Å². The zero-order chi connectivity index (χ0) is 26.5. The molecule has 2 aliphatic heterocycles. The quantitative estimate of drug-likeness (QED) is 0.548. The number of benzene rings is 2. The molecule has 8 nitrogen and oxygen atoms in total. The fraction of sp³-hybridized carbons (Fsp3) is 0.333. The SMILES string of the molecule is Cc1cccc(C(=O)N2[C@H](C(=O)NCc3cccnc3)COC23CCN(C(=O)Cc2ccccc2)CC3)c1. The van der Waals surface area contributed by atoms with Crippen LogP contribution in [0.4, 0.5) is 0 Å². The lowest BCUT2D eigenvalue weighted by molar-refractivity contribution is -0.143. The third kappa shape index (κ3) is 5.45. The second kappa shape index (κ2) is 11.1. The molecule has 2 fully saturated rings. The van der Waals surface area contributed by atoms with Crippen LogP contribution in [0.15, 0.2) is 79.1 Å². The van der Waals surface area contributed by atoms with Gasteiger partial charge in [-0.3, -0.25) is 24.3 Å². The Morgan fingerprint density at radius 2 is 1.76 bits per heavy atom. The summed E-state index contributed by atoms with van der Waals surface area (Å²) < 4.78 is 6.29.